The fraction of sp³-hybridized carbons (Fsp3) is 0.136. The minimum atomic E-state index is -0.215. The van der Waals surface area contributed by atoms with Crippen molar-refractivity contribution in [3.63, 3.8) is 0 Å². The van der Waals surface area contributed by atoms with Gasteiger partial charge in [0.2, 0.25) is 0 Å². The van der Waals surface area contributed by atoms with Crippen LogP contribution in [0.25, 0.3) is 0 Å². The third-order valence-corrected chi connectivity index (χ3v) is 4.34. The number of hydrogen-bond acceptors (Lipinski definition) is 2. The molecule has 0 amide bonds. The van der Waals surface area contributed by atoms with Gasteiger partial charge in [0.05, 0.1) is 6.42 Å². The second kappa shape index (κ2) is 8.50. The summed E-state index contributed by atoms with van der Waals surface area (Å²) < 4.78 is 5.46. The average molecular weight is 351 g/mol. The average Bonchev–Trinajstić information content (AvgIpc) is 2.67. The van der Waals surface area contributed by atoms with Gasteiger partial charge in [0.1, 0.15) is 6.61 Å². The van der Waals surface area contributed by atoms with Gasteiger partial charge in [-0.05, 0) is 28.8 Å². The van der Waals surface area contributed by atoms with Crippen LogP contribution in [0, 0.1) is 0 Å². The van der Waals surface area contributed by atoms with Crippen LogP contribution >= 0.6 is 11.6 Å². The molecule has 0 aliphatic carbocycles. The second-order valence-electron chi connectivity index (χ2n) is 5.87. The Labute approximate surface area is 153 Å². The molecule has 1 atom stereocenters. The van der Waals surface area contributed by atoms with E-state index < -0.39 is 0 Å². The van der Waals surface area contributed by atoms with Gasteiger partial charge in [-0.25, -0.2) is 0 Å². The van der Waals surface area contributed by atoms with E-state index in [1.54, 1.807) is 0 Å². The van der Waals surface area contributed by atoms with Crippen molar-refractivity contribution in [1.82, 2.24) is 0 Å². The highest BCUT2D eigenvalue weighted by Crippen LogP contribution is 2.29. The first-order valence-corrected chi connectivity index (χ1v) is 8.60. The zero-order valence-electron chi connectivity index (χ0n) is 13.8. The first kappa shape index (κ1) is 17.2. The molecule has 3 aromatic carbocycles. The van der Waals surface area contributed by atoms with Gasteiger partial charge in [0.15, 0.2) is 0 Å². The summed E-state index contributed by atoms with van der Waals surface area (Å²) in [6, 6.07) is 27.3. The Morgan fingerprint density at radius 2 is 1.36 bits per heavy atom. The van der Waals surface area contributed by atoms with Gasteiger partial charge < -0.3 is 4.74 Å². The zero-order chi connectivity index (χ0) is 17.5. The molecule has 0 spiro atoms. The molecular weight excluding hydrogens is 332 g/mol. The van der Waals surface area contributed by atoms with E-state index in [9.17, 15) is 4.79 Å². The number of rotatable bonds is 6. The molecule has 126 valence electrons. The van der Waals surface area contributed by atoms with Crippen molar-refractivity contribution in [3.8, 4) is 0 Å². The van der Waals surface area contributed by atoms with Crippen LogP contribution in [-0.4, -0.2) is 5.97 Å². The summed E-state index contributed by atoms with van der Waals surface area (Å²) in [6.45, 7) is 0.293. The Bertz CT molecular complexity index is 798. The molecule has 0 aliphatic rings. The van der Waals surface area contributed by atoms with Gasteiger partial charge in [-0.1, -0.05) is 84.4 Å². The first-order valence-electron chi connectivity index (χ1n) is 8.22. The summed E-state index contributed by atoms with van der Waals surface area (Å²) in [5.74, 6) is -0.269. The standard InChI is InChI=1S/C22H19ClO2/c23-20-13-11-19(12-14-20)21(18-9-5-2-6-10-18)15-22(24)25-16-17-7-3-1-4-8-17/h1-14,21H,15-16H2. The minimum absolute atomic E-state index is 0.0539. The van der Waals surface area contributed by atoms with Crippen molar-refractivity contribution < 1.29 is 9.53 Å². The van der Waals surface area contributed by atoms with E-state index in [1.165, 1.54) is 0 Å². The number of carbonyl (C=O) groups is 1. The number of halogens is 1. The van der Waals surface area contributed by atoms with Crippen LogP contribution in [0.1, 0.15) is 29.0 Å². The fourth-order valence-electron chi connectivity index (χ4n) is 2.77. The lowest BCUT2D eigenvalue weighted by Gasteiger charge is -2.17. The van der Waals surface area contributed by atoms with Gasteiger partial charge in [-0.15, -0.1) is 0 Å². The summed E-state index contributed by atoms with van der Waals surface area (Å²) in [7, 11) is 0. The minimum Gasteiger partial charge on any atom is -0.461 e. The molecule has 0 radical (unpaired) electrons. The van der Waals surface area contributed by atoms with Gasteiger partial charge in [0.25, 0.3) is 0 Å². The third kappa shape index (κ3) is 4.94. The van der Waals surface area contributed by atoms with E-state index in [1.807, 2.05) is 84.9 Å². The Balaban J connectivity index is 1.73. The first-order chi connectivity index (χ1) is 12.2. The molecule has 0 saturated heterocycles. The van der Waals surface area contributed by atoms with Crippen LogP contribution in [0.4, 0.5) is 0 Å². The lowest BCUT2D eigenvalue weighted by Crippen LogP contribution is -2.12. The third-order valence-electron chi connectivity index (χ3n) is 4.09. The highest BCUT2D eigenvalue weighted by molar-refractivity contribution is 6.30. The van der Waals surface area contributed by atoms with Crippen molar-refractivity contribution in [2.24, 2.45) is 0 Å². The maximum Gasteiger partial charge on any atom is 0.307 e. The molecule has 0 aliphatic heterocycles. The SMILES string of the molecule is O=C(CC(c1ccccc1)c1ccc(Cl)cc1)OCc1ccccc1. The molecule has 0 N–H and O–H groups in total. The Hall–Kier alpha value is -2.58. The molecule has 0 fully saturated rings. The highest BCUT2D eigenvalue weighted by Gasteiger charge is 2.19. The second-order valence-corrected chi connectivity index (χ2v) is 6.30. The predicted octanol–water partition coefficient (Wildman–Crippen LogP) is 5.61. The lowest BCUT2D eigenvalue weighted by atomic mass is 9.88. The molecule has 0 aromatic heterocycles. The molecule has 3 aromatic rings. The molecule has 0 heterocycles. The summed E-state index contributed by atoms with van der Waals surface area (Å²) in [5.41, 5.74) is 3.12. The summed E-state index contributed by atoms with van der Waals surface area (Å²) in [5, 5.41) is 0.683. The molecule has 2 nitrogen and oxygen atoms in total. The number of carbonyl (C=O) groups excluding carboxylic acids is 1. The van der Waals surface area contributed by atoms with Crippen LogP contribution in [0.2, 0.25) is 5.02 Å². The van der Waals surface area contributed by atoms with Crippen LogP contribution < -0.4 is 0 Å². The molecule has 0 saturated carbocycles. The molecular formula is C22H19ClO2. The fourth-order valence-corrected chi connectivity index (χ4v) is 2.90. The maximum absolute atomic E-state index is 12.4. The van der Waals surface area contributed by atoms with E-state index in [4.69, 9.17) is 16.3 Å². The van der Waals surface area contributed by atoms with Crippen molar-refractivity contribution in [1.29, 1.82) is 0 Å². The molecule has 1 unspecified atom stereocenters. The Kier molecular flexibility index (Phi) is 5.86. The topological polar surface area (TPSA) is 26.3 Å². The van der Waals surface area contributed by atoms with E-state index in [0.29, 0.717) is 18.1 Å². The molecule has 3 rings (SSSR count). The predicted molar refractivity (Wildman–Crippen MR) is 101 cm³/mol. The number of esters is 1. The van der Waals surface area contributed by atoms with Crippen LogP contribution in [-0.2, 0) is 16.1 Å². The number of hydrogen-bond donors (Lipinski definition) is 0. The summed E-state index contributed by atoms with van der Waals surface area (Å²) in [6.07, 6.45) is 0.290. The Morgan fingerprint density at radius 3 is 2.00 bits per heavy atom. The molecule has 0 bridgehead atoms. The van der Waals surface area contributed by atoms with Gasteiger partial charge in [-0.3, -0.25) is 4.79 Å². The number of benzene rings is 3. The summed E-state index contributed by atoms with van der Waals surface area (Å²) >= 11 is 5.99. The van der Waals surface area contributed by atoms with Crippen molar-refractivity contribution in [3.05, 3.63) is 107 Å². The van der Waals surface area contributed by atoms with Crippen molar-refractivity contribution in [2.45, 2.75) is 18.9 Å². The maximum atomic E-state index is 12.4. The van der Waals surface area contributed by atoms with Crippen LogP contribution in [0.3, 0.4) is 0 Å². The van der Waals surface area contributed by atoms with Gasteiger partial charge >= 0.3 is 5.97 Å². The zero-order valence-corrected chi connectivity index (χ0v) is 14.5. The molecule has 25 heavy (non-hydrogen) atoms. The largest absolute Gasteiger partial charge is 0.461 e. The van der Waals surface area contributed by atoms with Gasteiger partial charge in [-0.2, -0.15) is 0 Å². The lowest BCUT2D eigenvalue weighted by molar-refractivity contribution is -0.145. The molecule has 3 heteroatoms. The smallest absolute Gasteiger partial charge is 0.307 e. The monoisotopic (exact) mass is 350 g/mol. The number of ether oxygens (including phenoxy) is 1. The van der Waals surface area contributed by atoms with Crippen LogP contribution in [0.5, 0.6) is 0 Å². The normalized spacial score (nSPS) is 11.7. The van der Waals surface area contributed by atoms with E-state index in [2.05, 4.69) is 0 Å². The summed E-state index contributed by atoms with van der Waals surface area (Å²) in [4.78, 5) is 12.4. The quantitative estimate of drug-likeness (QED) is 0.540. The van der Waals surface area contributed by atoms with E-state index in [0.717, 1.165) is 16.7 Å². The highest BCUT2D eigenvalue weighted by atomic mass is 35.5. The van der Waals surface area contributed by atoms with Crippen LogP contribution in [0.15, 0.2) is 84.9 Å². The van der Waals surface area contributed by atoms with Gasteiger partial charge in [0, 0.05) is 10.9 Å². The van der Waals surface area contributed by atoms with Crippen molar-refractivity contribution >= 4 is 17.6 Å². The van der Waals surface area contributed by atoms with Crippen molar-refractivity contribution in [2.75, 3.05) is 0 Å². The van der Waals surface area contributed by atoms with E-state index >= 15 is 0 Å². The Morgan fingerprint density at radius 1 is 0.800 bits per heavy atom. The van der Waals surface area contributed by atoms with E-state index in [-0.39, 0.29) is 11.9 Å².